The molecule has 9 amide bonds. The number of benzene rings is 4. The van der Waals surface area contributed by atoms with Gasteiger partial charge in [-0.1, -0.05) is 60.1 Å². The van der Waals surface area contributed by atoms with Gasteiger partial charge in [0.2, 0.25) is 17.7 Å². The third-order valence-electron chi connectivity index (χ3n) is 10.7. The quantitative estimate of drug-likeness (QED) is 0.0979. The van der Waals surface area contributed by atoms with Gasteiger partial charge in [0, 0.05) is 59.9 Å². The maximum absolute atomic E-state index is 14.2. The number of imide groups is 3. The van der Waals surface area contributed by atoms with Crippen LogP contribution in [0.1, 0.15) is 75.2 Å². The van der Waals surface area contributed by atoms with E-state index in [9.17, 15) is 38.4 Å². The predicted octanol–water partition coefficient (Wildman–Crippen LogP) is 4.32. The number of nitrogens with zero attached hydrogens (tertiary/aromatic N) is 2. The van der Waals surface area contributed by atoms with Crippen LogP contribution in [0.3, 0.4) is 0 Å². The molecule has 4 aromatic rings. The lowest BCUT2D eigenvalue weighted by atomic mass is 9.95. The monoisotopic (exact) mass is 878 g/mol. The van der Waals surface area contributed by atoms with Crippen molar-refractivity contribution in [3.05, 3.63) is 129 Å². The summed E-state index contributed by atoms with van der Waals surface area (Å²) in [7, 11) is 0. The van der Waals surface area contributed by atoms with Crippen molar-refractivity contribution < 1.29 is 43.1 Å². The van der Waals surface area contributed by atoms with Crippen molar-refractivity contribution in [3.63, 3.8) is 0 Å². The predicted molar refractivity (Wildman–Crippen MR) is 232 cm³/mol. The Bertz CT molecular complexity index is 2480. The number of carbonyl (C=O) groups is 8. The first kappa shape index (κ1) is 45.4. The molecular weight excluding hydrogens is 832 g/mol. The lowest BCUT2D eigenvalue weighted by Crippen LogP contribution is -2.56. The molecule has 2 heterocycles. The Balaban J connectivity index is 1.10. The average molecular weight is 879 g/mol. The van der Waals surface area contributed by atoms with Gasteiger partial charge in [-0.05, 0) is 91.4 Å². The van der Waals surface area contributed by atoms with Crippen molar-refractivity contribution in [1.82, 2.24) is 20.4 Å². The Morgan fingerprint density at radius 2 is 1.56 bits per heavy atom. The number of nitrogens with one attached hydrogen (secondary N) is 4. The van der Waals surface area contributed by atoms with E-state index in [1.807, 2.05) is 6.92 Å². The first-order valence-corrected chi connectivity index (χ1v) is 20.5. The van der Waals surface area contributed by atoms with E-state index in [2.05, 4.69) is 21.3 Å². The SMILES string of the molecule is Cc1ccc(NC(=O)NCc2ccc3c(c2)CN(C2CCC(=O)N(C(=O)c4ccccc4CC(Cc4ccc(NC(=O)[C@H](C)NC(=O)C(C)N)cc4)OC(N)=O)C2=O)C3=O)cc1Cl. The molecule has 0 saturated carbocycles. The molecule has 1 saturated heterocycles. The second-order valence-electron chi connectivity index (χ2n) is 15.5. The molecule has 0 radical (unpaired) electrons. The number of hydrogen-bond donors (Lipinski definition) is 6. The minimum absolute atomic E-state index is 0.0145. The largest absolute Gasteiger partial charge is 0.446 e. The molecule has 0 bridgehead atoms. The topological polar surface area (TPSA) is 252 Å². The van der Waals surface area contributed by atoms with Gasteiger partial charge in [-0.15, -0.1) is 0 Å². The van der Waals surface area contributed by atoms with Gasteiger partial charge in [0.05, 0.1) is 6.04 Å². The zero-order valence-electron chi connectivity index (χ0n) is 34.7. The number of piperidine rings is 1. The molecule has 328 valence electrons. The first-order valence-electron chi connectivity index (χ1n) is 20.1. The molecule has 2 aliphatic rings. The van der Waals surface area contributed by atoms with Crippen LogP contribution in [-0.4, -0.2) is 81.6 Å². The summed E-state index contributed by atoms with van der Waals surface area (Å²) in [6.45, 7) is 5.06. The van der Waals surface area contributed by atoms with E-state index in [0.29, 0.717) is 49.1 Å². The number of hydrogen-bond acceptors (Lipinski definition) is 10. The lowest BCUT2D eigenvalue weighted by molar-refractivity contribution is -0.148. The van der Waals surface area contributed by atoms with Gasteiger partial charge in [-0.3, -0.25) is 28.8 Å². The summed E-state index contributed by atoms with van der Waals surface area (Å²) in [6.07, 6.45) is -2.01. The third-order valence-corrected chi connectivity index (χ3v) is 11.1. The summed E-state index contributed by atoms with van der Waals surface area (Å²) in [5.41, 5.74) is 15.6. The Morgan fingerprint density at radius 3 is 2.25 bits per heavy atom. The highest BCUT2D eigenvalue weighted by Gasteiger charge is 2.45. The molecule has 1 fully saturated rings. The highest BCUT2D eigenvalue weighted by atomic mass is 35.5. The van der Waals surface area contributed by atoms with Crippen molar-refractivity contribution >= 4 is 70.5 Å². The molecule has 0 aliphatic carbocycles. The Morgan fingerprint density at radius 1 is 0.857 bits per heavy atom. The molecule has 4 aromatic carbocycles. The highest BCUT2D eigenvalue weighted by molar-refractivity contribution is 6.31. The molecule has 0 spiro atoms. The van der Waals surface area contributed by atoms with E-state index in [1.165, 1.54) is 24.8 Å². The Hall–Kier alpha value is -7.11. The van der Waals surface area contributed by atoms with Crippen LogP contribution < -0.4 is 32.7 Å². The third kappa shape index (κ3) is 11.0. The molecule has 17 nitrogen and oxygen atoms in total. The molecule has 3 unspecified atom stereocenters. The Labute approximate surface area is 367 Å². The molecule has 63 heavy (non-hydrogen) atoms. The summed E-state index contributed by atoms with van der Waals surface area (Å²) in [4.78, 5) is 106. The van der Waals surface area contributed by atoms with Gasteiger partial charge >= 0.3 is 12.1 Å². The van der Waals surface area contributed by atoms with Crippen molar-refractivity contribution in [2.24, 2.45) is 11.5 Å². The van der Waals surface area contributed by atoms with Crippen LogP contribution in [0, 0.1) is 6.92 Å². The summed E-state index contributed by atoms with van der Waals surface area (Å²) in [6, 6.07) is 20.0. The molecule has 6 rings (SSSR count). The number of fused-ring (bicyclic) bond motifs is 1. The highest BCUT2D eigenvalue weighted by Crippen LogP contribution is 2.31. The van der Waals surface area contributed by atoms with Crippen molar-refractivity contribution in [2.45, 2.75) is 83.8 Å². The number of rotatable bonds is 14. The van der Waals surface area contributed by atoms with E-state index < -0.39 is 71.8 Å². The number of primary amides is 1. The van der Waals surface area contributed by atoms with Gasteiger partial charge < -0.3 is 42.4 Å². The van der Waals surface area contributed by atoms with Crippen LogP contribution in [0.5, 0.6) is 0 Å². The van der Waals surface area contributed by atoms with Gasteiger partial charge in [0.15, 0.2) is 0 Å². The maximum atomic E-state index is 14.2. The van der Waals surface area contributed by atoms with Crippen molar-refractivity contribution in [3.8, 4) is 0 Å². The van der Waals surface area contributed by atoms with E-state index in [4.69, 9.17) is 27.8 Å². The summed E-state index contributed by atoms with van der Waals surface area (Å²) >= 11 is 6.17. The van der Waals surface area contributed by atoms with E-state index in [1.54, 1.807) is 78.9 Å². The summed E-state index contributed by atoms with van der Waals surface area (Å²) < 4.78 is 5.44. The molecule has 4 atom stereocenters. The number of amides is 9. The second kappa shape index (κ2) is 19.7. The minimum Gasteiger partial charge on any atom is -0.446 e. The second-order valence-corrected chi connectivity index (χ2v) is 15.9. The number of urea groups is 1. The van der Waals surface area contributed by atoms with Gasteiger partial charge in [0.25, 0.3) is 17.7 Å². The van der Waals surface area contributed by atoms with Crippen LogP contribution in [0.4, 0.5) is 21.0 Å². The molecule has 2 aliphatic heterocycles. The average Bonchev–Trinajstić information content (AvgIpc) is 3.56. The number of aryl methyl sites for hydroxylation is 1. The van der Waals surface area contributed by atoms with Gasteiger partial charge in [0.1, 0.15) is 18.2 Å². The van der Waals surface area contributed by atoms with Gasteiger partial charge in [-0.2, -0.15) is 0 Å². The zero-order chi connectivity index (χ0) is 45.5. The van der Waals surface area contributed by atoms with Crippen molar-refractivity contribution in [2.75, 3.05) is 10.6 Å². The fourth-order valence-corrected chi connectivity index (χ4v) is 7.48. The normalized spacial score (nSPS) is 16.1. The standard InChI is InChI=1S/C45H47ClN8O9/c1-24-8-12-32(21-36(24)46)52-45(62)49-22-28-11-15-35-30(18-28)23-53(41(35)58)37-16-17-38(55)54(43(37)60)42(59)34-7-5-4-6-29(34)20-33(63-44(48)61)19-27-9-13-31(14-10-27)51-40(57)26(3)50-39(56)25(2)47/h4-15,18,21,25-26,33,37H,16-17,19-20,22-23,47H2,1-3H3,(H2,48,61)(H,50,56)(H,51,57)(H2,49,52,62)/t25?,26-,33?,37?/m0/s1. The van der Waals surface area contributed by atoms with Gasteiger partial charge in [-0.25, -0.2) is 14.5 Å². The fraction of sp³-hybridized carbons (Fsp3) is 0.289. The minimum atomic E-state index is -1.11. The Kier molecular flexibility index (Phi) is 14.2. The number of halogens is 1. The first-order chi connectivity index (χ1) is 30.0. The number of nitrogens with two attached hydrogens (primary N) is 2. The van der Waals surface area contributed by atoms with Crippen LogP contribution in [0.15, 0.2) is 84.9 Å². The fourth-order valence-electron chi connectivity index (χ4n) is 7.30. The smallest absolute Gasteiger partial charge is 0.404 e. The number of carbonyl (C=O) groups excluding carboxylic acids is 8. The van der Waals surface area contributed by atoms with E-state index >= 15 is 0 Å². The van der Waals surface area contributed by atoms with Crippen LogP contribution in [-0.2, 0) is 49.8 Å². The number of anilines is 2. The summed E-state index contributed by atoms with van der Waals surface area (Å²) in [5.74, 6) is -3.82. The van der Waals surface area contributed by atoms with Crippen LogP contribution in [0.2, 0.25) is 5.02 Å². The zero-order valence-corrected chi connectivity index (χ0v) is 35.5. The van der Waals surface area contributed by atoms with E-state index in [0.717, 1.165) is 5.56 Å². The van der Waals surface area contributed by atoms with Crippen LogP contribution in [0.25, 0.3) is 0 Å². The molecule has 8 N–H and O–H groups in total. The molecular formula is C45H47ClN8O9. The number of likely N-dealkylation sites (tertiary alicyclic amines) is 1. The maximum Gasteiger partial charge on any atom is 0.404 e. The summed E-state index contributed by atoms with van der Waals surface area (Å²) in [5, 5.41) is 11.2. The number of ether oxygens (including phenoxy) is 1. The molecule has 18 heteroatoms. The van der Waals surface area contributed by atoms with Crippen molar-refractivity contribution in [1.29, 1.82) is 0 Å². The van der Waals surface area contributed by atoms with E-state index in [-0.39, 0.29) is 44.3 Å². The lowest BCUT2D eigenvalue weighted by Gasteiger charge is -2.34. The van der Waals surface area contributed by atoms with Crippen LogP contribution >= 0.6 is 11.6 Å². The molecule has 0 aromatic heterocycles.